The second kappa shape index (κ2) is 10.1. The minimum absolute atomic E-state index is 0.315. The fourth-order valence-corrected chi connectivity index (χ4v) is 4.24. The highest BCUT2D eigenvalue weighted by molar-refractivity contribution is 6.33. The van der Waals surface area contributed by atoms with Gasteiger partial charge >= 0.3 is 0 Å². The van der Waals surface area contributed by atoms with E-state index in [9.17, 15) is 4.79 Å². The van der Waals surface area contributed by atoms with Crippen LogP contribution in [0.3, 0.4) is 0 Å². The van der Waals surface area contributed by atoms with Crippen LogP contribution in [0.1, 0.15) is 33.9 Å². The van der Waals surface area contributed by atoms with Gasteiger partial charge in [0, 0.05) is 23.6 Å². The van der Waals surface area contributed by atoms with Crippen molar-refractivity contribution in [3.8, 4) is 23.0 Å². The Morgan fingerprint density at radius 3 is 2.24 bits per heavy atom. The third-order valence-electron chi connectivity index (χ3n) is 5.70. The normalized spacial score (nSPS) is 15.0. The van der Waals surface area contributed by atoms with Crippen LogP contribution in [0.25, 0.3) is 0 Å². The number of hydrogen-bond donors (Lipinski definition) is 0. The average molecular weight is 481 g/mol. The zero-order valence-corrected chi connectivity index (χ0v) is 20.1. The van der Waals surface area contributed by atoms with E-state index in [4.69, 9.17) is 35.6 Å². The Labute approximate surface area is 203 Å². The van der Waals surface area contributed by atoms with Crippen LogP contribution < -0.4 is 18.9 Å². The molecule has 0 saturated carbocycles. The van der Waals surface area contributed by atoms with Crippen LogP contribution >= 0.6 is 11.6 Å². The number of rotatable bonds is 7. The molecule has 3 aromatic carbocycles. The molecule has 1 aliphatic rings. The molecule has 0 aromatic heterocycles. The van der Waals surface area contributed by atoms with Crippen molar-refractivity contribution in [1.29, 1.82) is 0 Å². The third-order valence-corrected chi connectivity index (χ3v) is 6.03. The van der Waals surface area contributed by atoms with Crippen molar-refractivity contribution in [2.45, 2.75) is 12.5 Å². The number of hydrazone groups is 1. The summed E-state index contributed by atoms with van der Waals surface area (Å²) in [5, 5.41) is 6.56. The van der Waals surface area contributed by atoms with Crippen molar-refractivity contribution in [2.75, 3.05) is 28.4 Å². The fraction of sp³-hybridized carbons (Fsp3) is 0.231. The highest BCUT2D eigenvalue weighted by Crippen LogP contribution is 2.43. The van der Waals surface area contributed by atoms with Crippen molar-refractivity contribution in [1.82, 2.24) is 5.01 Å². The molecule has 7 nitrogen and oxygen atoms in total. The number of benzene rings is 3. The second-order valence-corrected chi connectivity index (χ2v) is 7.99. The summed E-state index contributed by atoms with van der Waals surface area (Å²) in [6.07, 6.45) is 0.441. The maximum Gasteiger partial charge on any atom is 0.276 e. The van der Waals surface area contributed by atoms with Gasteiger partial charge in [-0.3, -0.25) is 4.79 Å². The lowest BCUT2D eigenvalue weighted by Gasteiger charge is -2.24. The Morgan fingerprint density at radius 2 is 1.62 bits per heavy atom. The summed E-state index contributed by atoms with van der Waals surface area (Å²) in [7, 11) is 6.33. The molecule has 1 aliphatic heterocycles. The molecule has 0 radical (unpaired) electrons. The number of halogens is 1. The van der Waals surface area contributed by atoms with Gasteiger partial charge in [-0.2, -0.15) is 5.10 Å². The number of methoxy groups -OCH3 is 4. The summed E-state index contributed by atoms with van der Waals surface area (Å²) in [5.74, 6) is 2.06. The monoisotopic (exact) mass is 480 g/mol. The van der Waals surface area contributed by atoms with Gasteiger partial charge in [0.2, 0.25) is 0 Å². The lowest BCUT2D eigenvalue weighted by Crippen LogP contribution is -2.27. The Balaban J connectivity index is 1.84. The molecule has 0 N–H and O–H groups in total. The van der Waals surface area contributed by atoms with Crippen LogP contribution in [0, 0.1) is 0 Å². The molecule has 1 amide bonds. The van der Waals surface area contributed by atoms with E-state index < -0.39 is 6.04 Å². The van der Waals surface area contributed by atoms with E-state index in [0.717, 1.165) is 11.1 Å². The Hall–Kier alpha value is -3.71. The summed E-state index contributed by atoms with van der Waals surface area (Å²) in [6.45, 7) is 0. The van der Waals surface area contributed by atoms with Gasteiger partial charge in [0.25, 0.3) is 5.91 Å². The smallest absolute Gasteiger partial charge is 0.276 e. The Morgan fingerprint density at radius 1 is 0.912 bits per heavy atom. The van der Waals surface area contributed by atoms with E-state index in [1.54, 1.807) is 58.8 Å². The molecule has 0 spiro atoms. The Bertz CT molecular complexity index is 1220. The number of nitrogens with zero attached hydrogens (tertiary/aromatic N) is 2. The Kier molecular flexibility index (Phi) is 6.93. The number of para-hydroxylation sites is 1. The van der Waals surface area contributed by atoms with Gasteiger partial charge in [0.05, 0.1) is 50.8 Å². The number of hydrogen-bond acceptors (Lipinski definition) is 6. The van der Waals surface area contributed by atoms with E-state index in [2.05, 4.69) is 0 Å². The average Bonchev–Trinajstić information content (AvgIpc) is 3.33. The summed E-state index contributed by atoms with van der Waals surface area (Å²) in [4.78, 5) is 13.6. The van der Waals surface area contributed by atoms with Gasteiger partial charge in [0.1, 0.15) is 11.5 Å². The number of amides is 1. The first kappa shape index (κ1) is 23.4. The van der Waals surface area contributed by atoms with Gasteiger partial charge in [-0.15, -0.1) is 0 Å². The van der Waals surface area contributed by atoms with Gasteiger partial charge in [0.15, 0.2) is 11.5 Å². The number of carbonyl (C=O) groups is 1. The third kappa shape index (κ3) is 4.39. The van der Waals surface area contributed by atoms with E-state index in [1.807, 2.05) is 30.3 Å². The summed E-state index contributed by atoms with van der Waals surface area (Å²) in [5.41, 5.74) is 2.63. The highest BCUT2D eigenvalue weighted by Gasteiger charge is 2.37. The topological polar surface area (TPSA) is 69.6 Å². The molecular formula is C26H25ClN2O5. The van der Waals surface area contributed by atoms with Crippen LogP contribution in [0.15, 0.2) is 65.8 Å². The van der Waals surface area contributed by atoms with Crippen LogP contribution in [0.5, 0.6) is 23.0 Å². The van der Waals surface area contributed by atoms with E-state index in [0.29, 0.717) is 45.7 Å². The largest absolute Gasteiger partial charge is 0.497 e. The summed E-state index contributed by atoms with van der Waals surface area (Å²) >= 11 is 6.36. The molecule has 1 atom stereocenters. The number of carbonyl (C=O) groups excluding carboxylic acids is 1. The predicted octanol–water partition coefficient (Wildman–Crippen LogP) is 5.37. The molecule has 4 rings (SSSR count). The van der Waals surface area contributed by atoms with Crippen LogP contribution in [-0.4, -0.2) is 45.1 Å². The molecule has 1 heterocycles. The molecule has 8 heteroatoms. The maximum atomic E-state index is 13.6. The van der Waals surface area contributed by atoms with Crippen LogP contribution in [0.4, 0.5) is 0 Å². The van der Waals surface area contributed by atoms with Crippen molar-refractivity contribution in [2.24, 2.45) is 5.10 Å². The first-order chi connectivity index (χ1) is 16.5. The second-order valence-electron chi connectivity index (χ2n) is 7.58. The minimum atomic E-state index is -0.444. The summed E-state index contributed by atoms with van der Waals surface area (Å²) < 4.78 is 22.0. The van der Waals surface area contributed by atoms with E-state index >= 15 is 0 Å². The van der Waals surface area contributed by atoms with Gasteiger partial charge in [-0.25, -0.2) is 5.01 Å². The molecule has 1 unspecified atom stereocenters. The van der Waals surface area contributed by atoms with E-state index in [-0.39, 0.29) is 5.91 Å². The molecule has 0 aliphatic carbocycles. The standard InChI is InChI=1S/C26H25ClN2O5/c1-31-17-12-16(13-18(14-17)32-2)22-15-23(20-9-7-11-24(33-3)25(20)34-4)29(28-22)26(30)19-8-5-6-10-21(19)27/h5-14,23H,15H2,1-4H3. The summed E-state index contributed by atoms with van der Waals surface area (Å²) in [6, 6.07) is 17.6. The molecule has 0 saturated heterocycles. The molecular weight excluding hydrogens is 456 g/mol. The number of ether oxygens (including phenoxy) is 4. The van der Waals surface area contributed by atoms with E-state index in [1.165, 1.54) is 5.01 Å². The van der Waals surface area contributed by atoms with Crippen molar-refractivity contribution in [3.63, 3.8) is 0 Å². The lowest BCUT2D eigenvalue weighted by molar-refractivity contribution is 0.0709. The van der Waals surface area contributed by atoms with Crippen LogP contribution in [0.2, 0.25) is 5.02 Å². The lowest BCUT2D eigenvalue weighted by atomic mass is 9.96. The van der Waals surface area contributed by atoms with Gasteiger partial charge in [-0.1, -0.05) is 35.9 Å². The van der Waals surface area contributed by atoms with Gasteiger partial charge < -0.3 is 18.9 Å². The van der Waals surface area contributed by atoms with Crippen LogP contribution in [-0.2, 0) is 0 Å². The quantitative estimate of drug-likeness (QED) is 0.455. The SMILES string of the molecule is COc1cc(OC)cc(C2=NN(C(=O)c3ccccc3Cl)C(c3cccc(OC)c3OC)C2)c1. The van der Waals surface area contributed by atoms with Crippen molar-refractivity contribution >= 4 is 23.2 Å². The minimum Gasteiger partial charge on any atom is -0.497 e. The molecule has 0 fully saturated rings. The first-order valence-electron chi connectivity index (χ1n) is 10.6. The maximum absolute atomic E-state index is 13.6. The van der Waals surface area contributed by atoms with Gasteiger partial charge in [-0.05, 0) is 30.3 Å². The molecule has 3 aromatic rings. The van der Waals surface area contributed by atoms with Crippen molar-refractivity contribution in [3.05, 3.63) is 82.4 Å². The molecule has 34 heavy (non-hydrogen) atoms. The zero-order valence-electron chi connectivity index (χ0n) is 19.4. The molecule has 0 bridgehead atoms. The molecule has 176 valence electrons. The first-order valence-corrected chi connectivity index (χ1v) is 11.0. The predicted molar refractivity (Wildman–Crippen MR) is 131 cm³/mol. The highest BCUT2D eigenvalue weighted by atomic mass is 35.5. The fourth-order valence-electron chi connectivity index (χ4n) is 4.02. The van der Waals surface area contributed by atoms with Crippen molar-refractivity contribution < 1.29 is 23.7 Å². The zero-order chi connectivity index (χ0) is 24.2.